The molecule has 1 aromatic rings. The largest absolute Gasteiger partial charge is 0.352 e. The predicted octanol–water partition coefficient (Wildman–Crippen LogP) is 4.13. The van der Waals surface area contributed by atoms with E-state index in [0.29, 0.717) is 19.0 Å². The standard InChI is InChI=1S/C21H31N3OS/c1-3-24-19(15-26-21(24)23-18-7-5-4-6-8-18)13-20(25)22-14-17-11-9-16(2)10-12-17/h9-12,18-19H,3-8,13-15H2,1-2H3,(H,22,25). The molecule has 1 amide bonds. The molecule has 5 heteroatoms. The first kappa shape index (κ1) is 19.3. The first-order valence-electron chi connectivity index (χ1n) is 9.95. The van der Waals surface area contributed by atoms with Crippen LogP contribution < -0.4 is 5.32 Å². The number of thioether (sulfide) groups is 1. The topological polar surface area (TPSA) is 44.7 Å². The van der Waals surface area contributed by atoms with Gasteiger partial charge >= 0.3 is 0 Å². The average Bonchev–Trinajstić information content (AvgIpc) is 3.03. The SMILES string of the molecule is CCN1C(=NC2CCCCC2)SCC1CC(=O)NCc1ccc(C)cc1. The van der Waals surface area contributed by atoms with Gasteiger partial charge in [0, 0.05) is 31.3 Å². The van der Waals surface area contributed by atoms with E-state index in [1.807, 2.05) is 11.8 Å². The molecular formula is C21H31N3OS. The second-order valence-corrected chi connectivity index (χ2v) is 8.41. The third-order valence-corrected chi connectivity index (χ3v) is 6.48. The number of carbonyl (C=O) groups is 1. The molecule has 1 aromatic carbocycles. The number of aryl methyl sites for hydroxylation is 1. The van der Waals surface area contributed by atoms with E-state index in [1.54, 1.807) is 0 Å². The first-order chi connectivity index (χ1) is 12.7. The second-order valence-electron chi connectivity index (χ2n) is 7.42. The molecule has 1 unspecified atom stereocenters. The van der Waals surface area contributed by atoms with E-state index in [2.05, 4.69) is 48.3 Å². The molecule has 1 saturated heterocycles. The van der Waals surface area contributed by atoms with Gasteiger partial charge in [-0.25, -0.2) is 0 Å². The Hall–Kier alpha value is -1.49. The maximum Gasteiger partial charge on any atom is 0.222 e. The number of hydrogen-bond donors (Lipinski definition) is 1. The molecular weight excluding hydrogens is 342 g/mol. The van der Waals surface area contributed by atoms with Gasteiger partial charge in [-0.15, -0.1) is 0 Å². The van der Waals surface area contributed by atoms with E-state index >= 15 is 0 Å². The van der Waals surface area contributed by atoms with E-state index in [-0.39, 0.29) is 11.9 Å². The monoisotopic (exact) mass is 373 g/mol. The number of hydrogen-bond acceptors (Lipinski definition) is 3. The van der Waals surface area contributed by atoms with Crippen LogP contribution in [0, 0.1) is 6.92 Å². The van der Waals surface area contributed by atoms with Crippen LogP contribution >= 0.6 is 11.8 Å². The highest BCUT2D eigenvalue weighted by Gasteiger charge is 2.31. The molecule has 2 fully saturated rings. The molecule has 1 heterocycles. The van der Waals surface area contributed by atoms with Gasteiger partial charge in [-0.2, -0.15) is 0 Å². The first-order valence-corrected chi connectivity index (χ1v) is 10.9. The highest BCUT2D eigenvalue weighted by atomic mass is 32.2. The molecule has 0 spiro atoms. The summed E-state index contributed by atoms with van der Waals surface area (Å²) in [6, 6.07) is 9.09. The van der Waals surface area contributed by atoms with Gasteiger partial charge in [0.1, 0.15) is 0 Å². The molecule has 1 aliphatic heterocycles. The summed E-state index contributed by atoms with van der Waals surface area (Å²) in [5, 5.41) is 4.23. The molecule has 26 heavy (non-hydrogen) atoms. The lowest BCUT2D eigenvalue weighted by atomic mass is 9.96. The highest BCUT2D eigenvalue weighted by Crippen LogP contribution is 2.29. The number of carbonyl (C=O) groups excluding carboxylic acids is 1. The van der Waals surface area contributed by atoms with Crippen molar-refractivity contribution in [3.8, 4) is 0 Å². The van der Waals surface area contributed by atoms with Gasteiger partial charge in [0.15, 0.2) is 5.17 Å². The Balaban J connectivity index is 1.51. The molecule has 3 rings (SSSR count). The van der Waals surface area contributed by atoms with Gasteiger partial charge < -0.3 is 10.2 Å². The van der Waals surface area contributed by atoms with Gasteiger partial charge in [0.05, 0.1) is 6.04 Å². The van der Waals surface area contributed by atoms with Crippen LogP contribution in [0.3, 0.4) is 0 Å². The maximum absolute atomic E-state index is 12.4. The van der Waals surface area contributed by atoms with E-state index in [4.69, 9.17) is 4.99 Å². The van der Waals surface area contributed by atoms with Crippen molar-refractivity contribution in [1.29, 1.82) is 0 Å². The summed E-state index contributed by atoms with van der Waals surface area (Å²) in [4.78, 5) is 19.8. The number of benzene rings is 1. The smallest absolute Gasteiger partial charge is 0.222 e. The molecule has 2 aliphatic rings. The van der Waals surface area contributed by atoms with Gasteiger partial charge in [-0.1, -0.05) is 60.9 Å². The van der Waals surface area contributed by atoms with Crippen molar-refractivity contribution in [2.45, 2.75) is 71.0 Å². The fourth-order valence-corrected chi connectivity index (χ4v) is 5.04. The molecule has 1 atom stereocenters. The zero-order valence-electron chi connectivity index (χ0n) is 16.0. The van der Waals surface area contributed by atoms with Crippen molar-refractivity contribution in [3.63, 3.8) is 0 Å². The second kappa shape index (κ2) is 9.45. The third kappa shape index (κ3) is 5.26. The molecule has 1 saturated carbocycles. The predicted molar refractivity (Wildman–Crippen MR) is 111 cm³/mol. The normalized spacial score (nSPS) is 22.8. The molecule has 142 valence electrons. The Morgan fingerprint density at radius 1 is 1.23 bits per heavy atom. The summed E-state index contributed by atoms with van der Waals surface area (Å²) in [5.41, 5.74) is 2.39. The molecule has 0 bridgehead atoms. The molecule has 1 N–H and O–H groups in total. The number of rotatable bonds is 6. The zero-order chi connectivity index (χ0) is 18.4. The maximum atomic E-state index is 12.4. The molecule has 1 aliphatic carbocycles. The summed E-state index contributed by atoms with van der Waals surface area (Å²) in [5.74, 6) is 1.10. The number of aliphatic imine (C=N–C) groups is 1. The van der Waals surface area contributed by atoms with Crippen LogP contribution in [0.2, 0.25) is 0 Å². The van der Waals surface area contributed by atoms with Crippen molar-refractivity contribution >= 4 is 22.8 Å². The summed E-state index contributed by atoms with van der Waals surface area (Å²) in [6.45, 7) is 5.77. The Kier molecular flexibility index (Phi) is 7.00. The van der Waals surface area contributed by atoms with E-state index < -0.39 is 0 Å². The average molecular weight is 374 g/mol. The van der Waals surface area contributed by atoms with Crippen LogP contribution in [-0.4, -0.2) is 40.4 Å². The lowest BCUT2D eigenvalue weighted by molar-refractivity contribution is -0.122. The van der Waals surface area contributed by atoms with Crippen LogP contribution in [0.25, 0.3) is 0 Å². The lowest BCUT2D eigenvalue weighted by Gasteiger charge is -2.26. The van der Waals surface area contributed by atoms with Crippen molar-refractivity contribution < 1.29 is 4.79 Å². The minimum absolute atomic E-state index is 0.133. The van der Waals surface area contributed by atoms with Crippen LogP contribution in [0.4, 0.5) is 0 Å². The quantitative estimate of drug-likeness (QED) is 0.815. The number of amides is 1. The van der Waals surface area contributed by atoms with Gasteiger partial charge in [-0.3, -0.25) is 9.79 Å². The Bertz CT molecular complexity index is 623. The van der Waals surface area contributed by atoms with Crippen molar-refractivity contribution in [1.82, 2.24) is 10.2 Å². The Labute approximate surface area is 161 Å². The Morgan fingerprint density at radius 3 is 2.65 bits per heavy atom. The highest BCUT2D eigenvalue weighted by molar-refractivity contribution is 8.14. The fraction of sp³-hybridized carbons (Fsp3) is 0.619. The summed E-state index contributed by atoms with van der Waals surface area (Å²) < 4.78 is 0. The number of nitrogens with zero attached hydrogens (tertiary/aromatic N) is 2. The molecule has 4 nitrogen and oxygen atoms in total. The van der Waals surface area contributed by atoms with Gasteiger partial charge in [0.25, 0.3) is 0 Å². The summed E-state index contributed by atoms with van der Waals surface area (Å²) in [7, 11) is 0. The third-order valence-electron chi connectivity index (χ3n) is 5.33. The summed E-state index contributed by atoms with van der Waals surface area (Å²) in [6.07, 6.45) is 6.98. The van der Waals surface area contributed by atoms with Crippen molar-refractivity contribution in [3.05, 3.63) is 35.4 Å². The summed E-state index contributed by atoms with van der Waals surface area (Å²) >= 11 is 1.83. The molecule has 0 aromatic heterocycles. The minimum Gasteiger partial charge on any atom is -0.352 e. The van der Waals surface area contributed by atoms with Crippen LogP contribution in [-0.2, 0) is 11.3 Å². The number of nitrogens with one attached hydrogen (secondary N) is 1. The Morgan fingerprint density at radius 2 is 1.96 bits per heavy atom. The van der Waals surface area contributed by atoms with Crippen molar-refractivity contribution in [2.75, 3.05) is 12.3 Å². The van der Waals surface area contributed by atoms with Crippen molar-refractivity contribution in [2.24, 2.45) is 4.99 Å². The van der Waals surface area contributed by atoms with Crippen LogP contribution in [0.1, 0.15) is 56.6 Å². The van der Waals surface area contributed by atoms with E-state index in [9.17, 15) is 4.79 Å². The van der Waals surface area contributed by atoms with Gasteiger partial charge in [-0.05, 0) is 32.3 Å². The van der Waals surface area contributed by atoms with E-state index in [0.717, 1.165) is 23.0 Å². The van der Waals surface area contributed by atoms with Crippen LogP contribution in [0.15, 0.2) is 29.3 Å². The van der Waals surface area contributed by atoms with Crippen LogP contribution in [0.5, 0.6) is 0 Å². The lowest BCUT2D eigenvalue weighted by Crippen LogP contribution is -2.38. The number of amidine groups is 1. The minimum atomic E-state index is 0.133. The van der Waals surface area contributed by atoms with E-state index in [1.165, 1.54) is 37.7 Å². The fourth-order valence-electron chi connectivity index (χ4n) is 3.73. The zero-order valence-corrected chi connectivity index (χ0v) is 16.9. The van der Waals surface area contributed by atoms with Gasteiger partial charge in [0.2, 0.25) is 5.91 Å². The molecule has 0 radical (unpaired) electrons.